The van der Waals surface area contributed by atoms with E-state index in [1.165, 1.54) is 13.8 Å². The van der Waals surface area contributed by atoms with Crippen molar-refractivity contribution in [3.05, 3.63) is 71.8 Å². The molecule has 0 aliphatic rings. The van der Waals surface area contributed by atoms with Crippen LogP contribution >= 0.6 is 0 Å². The third-order valence-electron chi connectivity index (χ3n) is 4.21. The summed E-state index contributed by atoms with van der Waals surface area (Å²) in [5, 5.41) is 0. The highest BCUT2D eigenvalue weighted by Crippen LogP contribution is 2.42. The second-order valence-electron chi connectivity index (χ2n) is 6.75. The van der Waals surface area contributed by atoms with Gasteiger partial charge in [-0.3, -0.25) is 9.59 Å². The lowest BCUT2D eigenvalue weighted by molar-refractivity contribution is -0.133. The molecule has 0 radical (unpaired) electrons. The van der Waals surface area contributed by atoms with Crippen LogP contribution in [0.3, 0.4) is 0 Å². The average Bonchev–Trinajstić information content (AvgIpc) is 2.59. The number of hydrogen-bond donors (Lipinski definition) is 0. The molecule has 0 heterocycles. The molecule has 0 aromatic heterocycles. The van der Waals surface area contributed by atoms with Crippen molar-refractivity contribution in [3.8, 4) is 22.6 Å². The van der Waals surface area contributed by atoms with Gasteiger partial charge in [0, 0.05) is 25.0 Å². The summed E-state index contributed by atoms with van der Waals surface area (Å²) in [7, 11) is 0. The summed E-state index contributed by atoms with van der Waals surface area (Å²) in [4.78, 5) is 23.4. The predicted octanol–water partition coefficient (Wildman–Crippen LogP) is 5.28. The van der Waals surface area contributed by atoms with Crippen molar-refractivity contribution in [2.24, 2.45) is 0 Å². The van der Waals surface area contributed by atoms with Crippen LogP contribution in [0.1, 0.15) is 36.1 Å². The molecule has 0 aliphatic heterocycles. The summed E-state index contributed by atoms with van der Waals surface area (Å²) in [6, 6.07) is 7.84. The minimum Gasteiger partial charge on any atom is -0.426 e. The van der Waals surface area contributed by atoms with E-state index in [9.17, 15) is 9.59 Å². The molecule has 0 saturated heterocycles. The molecule has 0 bridgehead atoms. The van der Waals surface area contributed by atoms with Crippen LogP contribution < -0.4 is 9.47 Å². The van der Waals surface area contributed by atoms with Gasteiger partial charge in [0.05, 0.1) is 0 Å². The molecule has 0 aliphatic carbocycles. The van der Waals surface area contributed by atoms with E-state index in [1.54, 1.807) is 0 Å². The number of rotatable bonds is 7. The normalized spacial score (nSPS) is 10.3. The van der Waals surface area contributed by atoms with Crippen LogP contribution in [0.4, 0.5) is 0 Å². The summed E-state index contributed by atoms with van der Waals surface area (Å²) in [6.07, 6.45) is 4.97. The molecular formula is C24H26O4. The maximum absolute atomic E-state index is 11.7. The SMILES string of the molecule is C=CCc1cc(C)c(OC(C)=O)c(-c2cc(CC=C)cc(C)c2OC(C)=O)c1. The van der Waals surface area contributed by atoms with Crippen LogP contribution in [0.5, 0.6) is 11.5 Å². The van der Waals surface area contributed by atoms with Crippen molar-refractivity contribution in [2.45, 2.75) is 40.5 Å². The van der Waals surface area contributed by atoms with Gasteiger partial charge in [-0.2, -0.15) is 0 Å². The van der Waals surface area contributed by atoms with Crippen molar-refractivity contribution in [3.63, 3.8) is 0 Å². The summed E-state index contributed by atoms with van der Waals surface area (Å²) >= 11 is 0. The summed E-state index contributed by atoms with van der Waals surface area (Å²) in [5.41, 5.74) is 5.11. The third kappa shape index (κ3) is 4.97. The summed E-state index contributed by atoms with van der Waals surface area (Å²) < 4.78 is 11.1. The van der Waals surface area contributed by atoms with Crippen LogP contribution in [0.25, 0.3) is 11.1 Å². The highest BCUT2D eigenvalue weighted by Gasteiger charge is 2.20. The molecule has 4 heteroatoms. The first-order valence-corrected chi connectivity index (χ1v) is 9.12. The fourth-order valence-electron chi connectivity index (χ4n) is 3.22. The second-order valence-corrected chi connectivity index (χ2v) is 6.75. The number of benzene rings is 2. The highest BCUT2D eigenvalue weighted by atomic mass is 16.5. The Morgan fingerprint density at radius 1 is 0.786 bits per heavy atom. The van der Waals surface area contributed by atoms with Crippen LogP contribution in [-0.4, -0.2) is 11.9 Å². The fourth-order valence-corrected chi connectivity index (χ4v) is 3.22. The molecule has 28 heavy (non-hydrogen) atoms. The maximum atomic E-state index is 11.7. The Hall–Kier alpha value is -3.14. The zero-order valence-electron chi connectivity index (χ0n) is 16.9. The summed E-state index contributed by atoms with van der Waals surface area (Å²) in [5.74, 6) is 0.107. The third-order valence-corrected chi connectivity index (χ3v) is 4.21. The minimum atomic E-state index is -0.408. The zero-order valence-corrected chi connectivity index (χ0v) is 16.9. The molecule has 0 fully saturated rings. The first kappa shape index (κ1) is 21.2. The van der Waals surface area contributed by atoms with Crippen LogP contribution in [-0.2, 0) is 22.4 Å². The summed E-state index contributed by atoms with van der Waals surface area (Å²) in [6.45, 7) is 14.1. The molecule has 2 rings (SSSR count). The van der Waals surface area contributed by atoms with Gasteiger partial charge in [0.15, 0.2) is 0 Å². The van der Waals surface area contributed by atoms with E-state index in [-0.39, 0.29) is 0 Å². The number of aryl methyl sites for hydroxylation is 2. The topological polar surface area (TPSA) is 52.6 Å². The van der Waals surface area contributed by atoms with Crippen molar-refractivity contribution in [1.29, 1.82) is 0 Å². The largest absolute Gasteiger partial charge is 0.426 e. The molecule has 4 nitrogen and oxygen atoms in total. The molecule has 0 amide bonds. The van der Waals surface area contributed by atoms with Crippen LogP contribution in [0.15, 0.2) is 49.6 Å². The van der Waals surface area contributed by atoms with Crippen molar-refractivity contribution in [1.82, 2.24) is 0 Å². The predicted molar refractivity (Wildman–Crippen MR) is 112 cm³/mol. The fraction of sp³-hybridized carbons (Fsp3) is 0.250. The molecule has 0 spiro atoms. The van der Waals surface area contributed by atoms with E-state index >= 15 is 0 Å². The van der Waals surface area contributed by atoms with Gasteiger partial charge in [0.1, 0.15) is 11.5 Å². The van der Waals surface area contributed by atoms with Gasteiger partial charge in [-0.15, -0.1) is 13.2 Å². The highest BCUT2D eigenvalue weighted by molar-refractivity contribution is 5.84. The molecule has 0 unspecified atom stereocenters. The minimum absolute atomic E-state index is 0.408. The smallest absolute Gasteiger partial charge is 0.308 e. The lowest BCUT2D eigenvalue weighted by Gasteiger charge is -2.19. The van der Waals surface area contributed by atoms with E-state index in [4.69, 9.17) is 9.47 Å². The quantitative estimate of drug-likeness (QED) is 0.374. The Bertz CT molecular complexity index is 861. The van der Waals surface area contributed by atoms with Crippen LogP contribution in [0.2, 0.25) is 0 Å². The van der Waals surface area contributed by atoms with Crippen LogP contribution in [0, 0.1) is 13.8 Å². The monoisotopic (exact) mass is 378 g/mol. The van der Waals surface area contributed by atoms with E-state index < -0.39 is 11.9 Å². The lowest BCUT2D eigenvalue weighted by Crippen LogP contribution is -2.08. The van der Waals surface area contributed by atoms with Gasteiger partial charge in [0.2, 0.25) is 0 Å². The number of hydrogen-bond acceptors (Lipinski definition) is 4. The maximum Gasteiger partial charge on any atom is 0.308 e. The zero-order chi connectivity index (χ0) is 20.8. The molecular weight excluding hydrogens is 352 g/mol. The van der Waals surface area contributed by atoms with Gasteiger partial charge in [0.25, 0.3) is 0 Å². The molecule has 0 saturated carbocycles. The van der Waals surface area contributed by atoms with E-state index in [0.717, 1.165) is 22.3 Å². The average molecular weight is 378 g/mol. The van der Waals surface area contributed by atoms with Gasteiger partial charge in [-0.25, -0.2) is 0 Å². The Balaban J connectivity index is 2.85. The van der Waals surface area contributed by atoms with Crippen molar-refractivity contribution >= 4 is 11.9 Å². The standard InChI is InChI=1S/C24H26O4/c1-7-9-19-11-15(3)23(27-17(5)25)21(13-19)22-14-20(10-8-2)12-16(4)24(22)28-18(6)26/h7-8,11-14H,1-2,9-10H2,3-6H3. The Labute approximate surface area is 166 Å². The van der Waals surface area contributed by atoms with E-state index in [1.807, 2.05) is 50.3 Å². The van der Waals surface area contributed by atoms with Gasteiger partial charge in [-0.05, 0) is 61.1 Å². The lowest BCUT2D eigenvalue weighted by atomic mass is 9.93. The molecule has 2 aromatic carbocycles. The first-order chi connectivity index (χ1) is 13.3. The Morgan fingerprint density at radius 2 is 1.14 bits per heavy atom. The van der Waals surface area contributed by atoms with Crippen molar-refractivity contribution in [2.75, 3.05) is 0 Å². The molecule has 146 valence electrons. The van der Waals surface area contributed by atoms with Gasteiger partial charge >= 0.3 is 11.9 Å². The van der Waals surface area contributed by atoms with E-state index in [0.29, 0.717) is 35.5 Å². The van der Waals surface area contributed by atoms with Crippen molar-refractivity contribution < 1.29 is 19.1 Å². The number of esters is 2. The number of carbonyl (C=O) groups excluding carboxylic acids is 2. The second kappa shape index (κ2) is 9.18. The number of ether oxygens (including phenoxy) is 2. The molecule has 0 N–H and O–H groups in total. The first-order valence-electron chi connectivity index (χ1n) is 9.12. The molecule has 2 aromatic rings. The number of carbonyl (C=O) groups is 2. The Kier molecular flexibility index (Phi) is 6.94. The van der Waals surface area contributed by atoms with E-state index in [2.05, 4.69) is 13.2 Å². The van der Waals surface area contributed by atoms with Gasteiger partial charge < -0.3 is 9.47 Å². The van der Waals surface area contributed by atoms with Gasteiger partial charge in [-0.1, -0.05) is 24.3 Å². The number of allylic oxidation sites excluding steroid dienone is 2. The Morgan fingerprint density at radius 3 is 1.43 bits per heavy atom. The molecule has 0 atom stereocenters.